The molecule has 0 bridgehead atoms. The highest BCUT2D eigenvalue weighted by atomic mass is 16.5. The Hall–Kier alpha value is -3.08. The van der Waals surface area contributed by atoms with Crippen LogP contribution in [0.1, 0.15) is 40.3 Å². The SMILES string of the molecule is Cc1ccoc1C(=O)N[C@@H](C)c1cccc(OCc2ccccn2)c1. The zero-order chi connectivity index (χ0) is 17.6. The number of benzene rings is 1. The molecule has 2 aromatic heterocycles. The van der Waals surface area contributed by atoms with Gasteiger partial charge in [-0.05, 0) is 49.7 Å². The van der Waals surface area contributed by atoms with Crippen molar-refractivity contribution in [2.24, 2.45) is 0 Å². The van der Waals surface area contributed by atoms with E-state index in [-0.39, 0.29) is 11.9 Å². The Kier molecular flexibility index (Phi) is 5.14. The molecule has 1 N–H and O–H groups in total. The van der Waals surface area contributed by atoms with Crippen molar-refractivity contribution in [3.8, 4) is 5.75 Å². The molecule has 3 rings (SSSR count). The third kappa shape index (κ3) is 4.26. The third-order valence-electron chi connectivity index (χ3n) is 3.89. The predicted octanol–water partition coefficient (Wildman–Crippen LogP) is 4.05. The highest BCUT2D eigenvalue weighted by Crippen LogP contribution is 2.21. The van der Waals surface area contributed by atoms with E-state index in [1.54, 1.807) is 12.3 Å². The number of aromatic nitrogens is 1. The lowest BCUT2D eigenvalue weighted by molar-refractivity contribution is 0.0911. The smallest absolute Gasteiger partial charge is 0.287 e. The number of furan rings is 1. The van der Waals surface area contributed by atoms with E-state index in [0.717, 1.165) is 22.6 Å². The maximum atomic E-state index is 12.3. The summed E-state index contributed by atoms with van der Waals surface area (Å²) in [6.45, 7) is 4.17. The van der Waals surface area contributed by atoms with E-state index < -0.39 is 0 Å². The van der Waals surface area contributed by atoms with Crippen LogP contribution in [0.4, 0.5) is 0 Å². The van der Waals surface area contributed by atoms with E-state index in [9.17, 15) is 4.79 Å². The molecule has 0 saturated heterocycles. The second-order valence-electron chi connectivity index (χ2n) is 5.81. The van der Waals surface area contributed by atoms with Gasteiger partial charge in [-0.25, -0.2) is 0 Å². The fourth-order valence-corrected chi connectivity index (χ4v) is 2.47. The normalized spacial score (nSPS) is 11.8. The topological polar surface area (TPSA) is 64.4 Å². The van der Waals surface area contributed by atoms with Crippen LogP contribution in [0.5, 0.6) is 5.75 Å². The van der Waals surface area contributed by atoms with Gasteiger partial charge in [-0.2, -0.15) is 0 Å². The van der Waals surface area contributed by atoms with Crippen LogP contribution in [-0.2, 0) is 6.61 Å². The van der Waals surface area contributed by atoms with Gasteiger partial charge in [-0.15, -0.1) is 0 Å². The fourth-order valence-electron chi connectivity index (χ4n) is 2.47. The highest BCUT2D eigenvalue weighted by molar-refractivity contribution is 5.93. The number of amides is 1. The first-order valence-corrected chi connectivity index (χ1v) is 8.11. The molecule has 25 heavy (non-hydrogen) atoms. The number of carbonyl (C=O) groups excluding carboxylic acids is 1. The van der Waals surface area contributed by atoms with Crippen LogP contribution in [-0.4, -0.2) is 10.9 Å². The number of rotatable bonds is 6. The van der Waals surface area contributed by atoms with Gasteiger partial charge in [0.1, 0.15) is 12.4 Å². The minimum Gasteiger partial charge on any atom is -0.487 e. The van der Waals surface area contributed by atoms with Crippen molar-refractivity contribution in [3.05, 3.63) is 83.6 Å². The quantitative estimate of drug-likeness (QED) is 0.737. The molecule has 0 aliphatic rings. The second kappa shape index (κ2) is 7.66. The van der Waals surface area contributed by atoms with Crippen molar-refractivity contribution < 1.29 is 13.9 Å². The van der Waals surface area contributed by atoms with Gasteiger partial charge < -0.3 is 14.5 Å². The molecule has 0 spiro atoms. The van der Waals surface area contributed by atoms with Crippen LogP contribution in [0.3, 0.4) is 0 Å². The van der Waals surface area contributed by atoms with Gasteiger partial charge in [0.15, 0.2) is 5.76 Å². The molecule has 5 heteroatoms. The van der Waals surface area contributed by atoms with Gasteiger partial charge in [0.25, 0.3) is 5.91 Å². The molecule has 3 aromatic rings. The molecule has 0 aliphatic heterocycles. The van der Waals surface area contributed by atoms with Crippen molar-refractivity contribution in [1.29, 1.82) is 0 Å². The van der Waals surface area contributed by atoms with Crippen LogP contribution in [0.2, 0.25) is 0 Å². The molecule has 1 amide bonds. The van der Waals surface area contributed by atoms with Gasteiger partial charge in [-0.1, -0.05) is 18.2 Å². The summed E-state index contributed by atoms with van der Waals surface area (Å²) in [7, 11) is 0. The number of aryl methyl sites for hydroxylation is 1. The van der Waals surface area contributed by atoms with Crippen molar-refractivity contribution in [3.63, 3.8) is 0 Å². The van der Waals surface area contributed by atoms with E-state index >= 15 is 0 Å². The van der Waals surface area contributed by atoms with E-state index in [2.05, 4.69) is 10.3 Å². The summed E-state index contributed by atoms with van der Waals surface area (Å²) in [6.07, 6.45) is 3.25. The molecule has 128 valence electrons. The number of ether oxygens (including phenoxy) is 1. The molecular formula is C20H20N2O3. The molecule has 0 fully saturated rings. The van der Waals surface area contributed by atoms with Gasteiger partial charge in [-0.3, -0.25) is 9.78 Å². The summed E-state index contributed by atoms with van der Waals surface area (Å²) < 4.78 is 11.0. The third-order valence-corrected chi connectivity index (χ3v) is 3.89. The first-order valence-electron chi connectivity index (χ1n) is 8.11. The molecule has 0 saturated carbocycles. The van der Waals surface area contributed by atoms with E-state index in [1.807, 2.05) is 56.3 Å². The number of pyridine rings is 1. The summed E-state index contributed by atoms with van der Waals surface area (Å²) in [5, 5.41) is 2.94. The maximum Gasteiger partial charge on any atom is 0.287 e. The Morgan fingerprint density at radius 3 is 2.84 bits per heavy atom. The van der Waals surface area contributed by atoms with E-state index in [4.69, 9.17) is 9.15 Å². The van der Waals surface area contributed by atoms with Crippen LogP contribution in [0, 0.1) is 6.92 Å². The number of hydrogen-bond donors (Lipinski definition) is 1. The van der Waals surface area contributed by atoms with E-state index in [1.165, 1.54) is 6.26 Å². The van der Waals surface area contributed by atoms with E-state index in [0.29, 0.717) is 12.4 Å². The summed E-state index contributed by atoms with van der Waals surface area (Å²) in [5.74, 6) is 0.850. The Labute approximate surface area is 146 Å². The second-order valence-corrected chi connectivity index (χ2v) is 5.81. The lowest BCUT2D eigenvalue weighted by Gasteiger charge is -2.15. The molecule has 1 atom stereocenters. The van der Waals surface area contributed by atoms with Gasteiger partial charge in [0, 0.05) is 11.8 Å². The summed E-state index contributed by atoms with van der Waals surface area (Å²) in [5.41, 5.74) is 2.63. The molecule has 0 radical (unpaired) electrons. The highest BCUT2D eigenvalue weighted by Gasteiger charge is 2.16. The van der Waals surface area contributed by atoms with Crippen molar-refractivity contribution in [1.82, 2.24) is 10.3 Å². The van der Waals surface area contributed by atoms with Crippen molar-refractivity contribution in [2.75, 3.05) is 0 Å². The fraction of sp³-hybridized carbons (Fsp3) is 0.200. The molecule has 0 aliphatic carbocycles. The predicted molar refractivity (Wildman–Crippen MR) is 94.3 cm³/mol. The van der Waals surface area contributed by atoms with Crippen molar-refractivity contribution >= 4 is 5.91 Å². The largest absolute Gasteiger partial charge is 0.487 e. The first-order chi connectivity index (χ1) is 12.1. The minimum absolute atomic E-state index is 0.171. The van der Waals surface area contributed by atoms with Gasteiger partial charge >= 0.3 is 0 Å². The lowest BCUT2D eigenvalue weighted by Crippen LogP contribution is -2.26. The molecular weight excluding hydrogens is 316 g/mol. The Morgan fingerprint density at radius 2 is 2.12 bits per heavy atom. The van der Waals surface area contributed by atoms with Crippen LogP contribution >= 0.6 is 0 Å². The van der Waals surface area contributed by atoms with Crippen LogP contribution in [0.15, 0.2) is 65.4 Å². The van der Waals surface area contributed by atoms with Crippen molar-refractivity contribution in [2.45, 2.75) is 26.5 Å². The molecule has 1 aromatic carbocycles. The van der Waals surface area contributed by atoms with Crippen LogP contribution in [0.25, 0.3) is 0 Å². The Bertz CT molecular complexity index is 843. The Morgan fingerprint density at radius 1 is 1.24 bits per heavy atom. The summed E-state index contributed by atoms with van der Waals surface area (Å²) in [6, 6.07) is 15.0. The summed E-state index contributed by atoms with van der Waals surface area (Å²) in [4.78, 5) is 16.5. The summed E-state index contributed by atoms with van der Waals surface area (Å²) >= 11 is 0. The number of hydrogen-bond acceptors (Lipinski definition) is 4. The molecule has 2 heterocycles. The number of carbonyl (C=O) groups is 1. The average molecular weight is 336 g/mol. The molecule has 5 nitrogen and oxygen atoms in total. The minimum atomic E-state index is -0.227. The Balaban J connectivity index is 1.64. The standard InChI is InChI=1S/C20H20N2O3/c1-14-9-11-24-19(14)20(23)22-15(2)16-6-5-8-18(12-16)25-13-17-7-3-4-10-21-17/h3-12,15H,13H2,1-2H3,(H,22,23)/t15-/m0/s1. The van der Waals surface area contributed by atoms with Crippen LogP contribution < -0.4 is 10.1 Å². The van der Waals surface area contributed by atoms with Gasteiger partial charge in [0.2, 0.25) is 0 Å². The van der Waals surface area contributed by atoms with Gasteiger partial charge in [0.05, 0.1) is 18.0 Å². The first kappa shape index (κ1) is 16.8. The zero-order valence-corrected chi connectivity index (χ0v) is 14.2. The average Bonchev–Trinajstić information content (AvgIpc) is 3.07. The lowest BCUT2D eigenvalue weighted by atomic mass is 10.1. The zero-order valence-electron chi connectivity index (χ0n) is 14.2. The number of nitrogens with zero attached hydrogens (tertiary/aromatic N) is 1. The number of nitrogens with one attached hydrogen (secondary N) is 1. The maximum absolute atomic E-state index is 12.3. The monoisotopic (exact) mass is 336 g/mol. The molecule has 0 unspecified atom stereocenters.